The van der Waals surface area contributed by atoms with Crippen molar-refractivity contribution in [1.82, 2.24) is 14.8 Å². The predicted octanol–water partition coefficient (Wildman–Crippen LogP) is 3.46. The first-order valence-corrected chi connectivity index (χ1v) is 8.69. The molecule has 0 bridgehead atoms. The molecule has 0 unspecified atom stereocenters. The van der Waals surface area contributed by atoms with Gasteiger partial charge in [-0.05, 0) is 36.5 Å². The highest BCUT2D eigenvalue weighted by atomic mass is 16.1. The number of hydrogen-bond acceptors (Lipinski definition) is 4. The maximum Gasteiger partial charge on any atom is 0.187 e. The fraction of sp³-hybridized carbons (Fsp3) is 0.238. The van der Waals surface area contributed by atoms with Crippen LogP contribution in [0, 0.1) is 11.3 Å². The van der Waals surface area contributed by atoms with E-state index < -0.39 is 5.92 Å². The summed E-state index contributed by atoms with van der Waals surface area (Å²) in [7, 11) is 1.79. The van der Waals surface area contributed by atoms with E-state index in [1.807, 2.05) is 48.5 Å². The minimum atomic E-state index is -0.968. The van der Waals surface area contributed by atoms with Crippen LogP contribution in [0.15, 0.2) is 48.5 Å². The van der Waals surface area contributed by atoms with E-state index in [0.29, 0.717) is 17.2 Å². The second-order valence-corrected chi connectivity index (χ2v) is 6.57. The Morgan fingerprint density at radius 1 is 1.12 bits per heavy atom. The van der Waals surface area contributed by atoms with Crippen molar-refractivity contribution in [3.05, 3.63) is 71.0 Å². The Hall–Kier alpha value is -3.26. The predicted molar refractivity (Wildman–Crippen MR) is 97.6 cm³/mol. The maximum atomic E-state index is 13.0. The van der Waals surface area contributed by atoms with Gasteiger partial charge in [0.25, 0.3) is 0 Å². The third kappa shape index (κ3) is 2.70. The van der Waals surface area contributed by atoms with Gasteiger partial charge in [0.15, 0.2) is 23.3 Å². The van der Waals surface area contributed by atoms with E-state index >= 15 is 0 Å². The lowest BCUT2D eigenvalue weighted by Crippen LogP contribution is -2.16. The summed E-state index contributed by atoms with van der Waals surface area (Å²) in [6.45, 7) is 0. The molecule has 1 aromatic heterocycles. The van der Waals surface area contributed by atoms with Crippen molar-refractivity contribution >= 4 is 5.78 Å². The van der Waals surface area contributed by atoms with E-state index in [4.69, 9.17) is 0 Å². The summed E-state index contributed by atoms with van der Waals surface area (Å²) in [4.78, 5) is 13.0. The molecule has 0 fully saturated rings. The summed E-state index contributed by atoms with van der Waals surface area (Å²) in [5, 5.41) is 18.0. The number of nitrogens with zero attached hydrogens (tertiary/aromatic N) is 4. The molecule has 0 N–H and O–H groups in total. The molecule has 0 saturated carbocycles. The smallest absolute Gasteiger partial charge is 0.187 e. The first-order valence-electron chi connectivity index (χ1n) is 8.69. The zero-order chi connectivity index (χ0) is 18.1. The number of benzene rings is 2. The Labute approximate surface area is 151 Å². The number of carbonyl (C=O) groups excluding carboxylic acids is 1. The van der Waals surface area contributed by atoms with Crippen molar-refractivity contribution in [1.29, 1.82) is 5.26 Å². The zero-order valence-electron chi connectivity index (χ0n) is 14.5. The number of Topliss-reactive ketones (excluding diaryl/α,β-unsaturated/α-hetero) is 1. The Kier molecular flexibility index (Phi) is 4.10. The fourth-order valence-electron chi connectivity index (χ4n) is 3.56. The number of aromatic nitrogens is 3. The van der Waals surface area contributed by atoms with Gasteiger partial charge in [-0.15, -0.1) is 10.2 Å². The van der Waals surface area contributed by atoms with Crippen molar-refractivity contribution in [2.45, 2.75) is 25.2 Å². The number of fused-ring (bicyclic) bond motifs is 1. The van der Waals surface area contributed by atoms with Gasteiger partial charge in [0.2, 0.25) is 0 Å². The molecule has 4 rings (SSSR count). The number of nitriles is 1. The summed E-state index contributed by atoms with van der Waals surface area (Å²) in [6, 6.07) is 17.5. The molecule has 1 heterocycles. The number of aryl methyl sites for hydroxylation is 2. The Morgan fingerprint density at radius 3 is 2.65 bits per heavy atom. The van der Waals surface area contributed by atoms with Gasteiger partial charge in [-0.25, -0.2) is 0 Å². The van der Waals surface area contributed by atoms with Gasteiger partial charge in [0.1, 0.15) is 0 Å². The van der Waals surface area contributed by atoms with E-state index in [0.717, 1.165) is 24.8 Å². The zero-order valence-corrected chi connectivity index (χ0v) is 14.5. The van der Waals surface area contributed by atoms with Crippen molar-refractivity contribution in [2.75, 3.05) is 0 Å². The summed E-state index contributed by atoms with van der Waals surface area (Å²) >= 11 is 0. The Balaban J connectivity index is 1.69. The molecule has 0 radical (unpaired) electrons. The first kappa shape index (κ1) is 16.2. The van der Waals surface area contributed by atoms with Crippen molar-refractivity contribution in [3.63, 3.8) is 0 Å². The molecule has 0 amide bonds. The Bertz CT molecular complexity index is 1010. The van der Waals surface area contributed by atoms with Crippen LogP contribution in [0.1, 0.15) is 39.6 Å². The molecule has 26 heavy (non-hydrogen) atoms. The first-order chi connectivity index (χ1) is 12.7. The van der Waals surface area contributed by atoms with Crippen LogP contribution in [0.3, 0.4) is 0 Å². The molecule has 5 nitrogen and oxygen atoms in total. The fourth-order valence-corrected chi connectivity index (χ4v) is 3.56. The highest BCUT2D eigenvalue weighted by Gasteiger charge is 2.28. The van der Waals surface area contributed by atoms with E-state index in [2.05, 4.69) is 16.3 Å². The molecule has 2 aromatic carbocycles. The molecule has 1 aliphatic carbocycles. The lowest BCUT2D eigenvalue weighted by atomic mass is 9.95. The molecular formula is C21H18N4O. The van der Waals surface area contributed by atoms with Gasteiger partial charge >= 0.3 is 0 Å². The van der Waals surface area contributed by atoms with Gasteiger partial charge in [0, 0.05) is 18.2 Å². The van der Waals surface area contributed by atoms with Crippen LogP contribution in [-0.2, 0) is 19.9 Å². The normalized spacial score (nSPS) is 13.8. The summed E-state index contributed by atoms with van der Waals surface area (Å²) < 4.78 is 1.73. The van der Waals surface area contributed by atoms with E-state index in [-0.39, 0.29) is 5.78 Å². The van der Waals surface area contributed by atoms with Crippen LogP contribution in [0.25, 0.3) is 11.4 Å². The summed E-state index contributed by atoms with van der Waals surface area (Å²) in [5.41, 5.74) is 3.99. The molecule has 3 aromatic rings. The van der Waals surface area contributed by atoms with Gasteiger partial charge in [-0.2, -0.15) is 5.26 Å². The van der Waals surface area contributed by atoms with Crippen molar-refractivity contribution in [2.24, 2.45) is 7.05 Å². The molecule has 0 spiro atoms. The number of carbonyl (C=O) groups is 1. The Morgan fingerprint density at radius 2 is 1.88 bits per heavy atom. The molecule has 1 aliphatic rings. The van der Waals surface area contributed by atoms with Gasteiger partial charge < -0.3 is 4.57 Å². The summed E-state index contributed by atoms with van der Waals surface area (Å²) in [5.74, 6) is -0.179. The standard InChI is InChI=1S/C21H18N4O/c1-25-20(15-6-3-2-4-7-15)23-24-21(25)18(13-22)19(26)17-11-10-14-8-5-9-16(14)12-17/h2-4,6-7,10-12,18H,5,8-9H2,1H3/t18-/m1/s1. The highest BCUT2D eigenvalue weighted by molar-refractivity contribution is 6.02. The van der Waals surface area contributed by atoms with E-state index in [9.17, 15) is 10.1 Å². The van der Waals surface area contributed by atoms with Crippen LogP contribution < -0.4 is 0 Å². The van der Waals surface area contributed by atoms with E-state index in [1.54, 1.807) is 11.6 Å². The van der Waals surface area contributed by atoms with Gasteiger partial charge in [-0.3, -0.25) is 4.79 Å². The molecule has 5 heteroatoms. The van der Waals surface area contributed by atoms with Crippen LogP contribution in [0.5, 0.6) is 0 Å². The maximum absolute atomic E-state index is 13.0. The minimum absolute atomic E-state index is 0.225. The van der Waals surface area contributed by atoms with E-state index in [1.165, 1.54) is 11.1 Å². The lowest BCUT2D eigenvalue weighted by Gasteiger charge is -2.10. The minimum Gasteiger partial charge on any atom is -0.313 e. The molecule has 0 saturated heterocycles. The van der Waals surface area contributed by atoms with Gasteiger partial charge in [0.05, 0.1) is 6.07 Å². The second kappa shape index (κ2) is 6.57. The molecule has 0 aliphatic heterocycles. The highest BCUT2D eigenvalue weighted by Crippen LogP contribution is 2.27. The third-order valence-corrected chi connectivity index (χ3v) is 4.97. The van der Waals surface area contributed by atoms with Crippen LogP contribution in [-0.4, -0.2) is 20.5 Å². The average Bonchev–Trinajstić information content (AvgIpc) is 3.29. The molecular weight excluding hydrogens is 324 g/mol. The van der Waals surface area contributed by atoms with Crippen LogP contribution in [0.4, 0.5) is 0 Å². The monoisotopic (exact) mass is 342 g/mol. The third-order valence-electron chi connectivity index (χ3n) is 4.97. The van der Waals surface area contributed by atoms with Crippen LogP contribution >= 0.6 is 0 Å². The van der Waals surface area contributed by atoms with Gasteiger partial charge in [-0.1, -0.05) is 42.5 Å². The molecule has 128 valence electrons. The molecule has 1 atom stereocenters. The number of rotatable bonds is 4. The summed E-state index contributed by atoms with van der Waals surface area (Å²) in [6.07, 6.45) is 3.18. The average molecular weight is 342 g/mol. The largest absolute Gasteiger partial charge is 0.313 e. The van der Waals surface area contributed by atoms with Crippen molar-refractivity contribution in [3.8, 4) is 17.5 Å². The van der Waals surface area contributed by atoms with Crippen molar-refractivity contribution < 1.29 is 4.79 Å². The number of hydrogen-bond donors (Lipinski definition) is 0. The topological polar surface area (TPSA) is 71.6 Å². The van der Waals surface area contributed by atoms with Crippen LogP contribution in [0.2, 0.25) is 0 Å². The second-order valence-electron chi connectivity index (χ2n) is 6.57. The lowest BCUT2D eigenvalue weighted by molar-refractivity contribution is 0.0975. The number of ketones is 1. The SMILES string of the molecule is Cn1c(-c2ccccc2)nnc1[C@H](C#N)C(=O)c1ccc2c(c1)CCC2. The quantitative estimate of drug-likeness (QED) is 0.681.